The molecular formula is C28H25N5O. The fourth-order valence-electron chi connectivity index (χ4n) is 4.54. The van der Waals surface area contributed by atoms with E-state index in [2.05, 4.69) is 52.0 Å². The topological polar surface area (TPSA) is 90.7 Å². The van der Waals surface area contributed by atoms with E-state index in [1.54, 1.807) is 30.5 Å². The third kappa shape index (κ3) is 4.89. The van der Waals surface area contributed by atoms with Crippen molar-refractivity contribution < 1.29 is 4.79 Å². The van der Waals surface area contributed by atoms with Gasteiger partial charge < -0.3 is 10.6 Å². The first-order chi connectivity index (χ1) is 16.7. The lowest BCUT2D eigenvalue weighted by Gasteiger charge is -2.30. The number of benzene rings is 3. The highest BCUT2D eigenvalue weighted by Gasteiger charge is 2.24. The third-order valence-electron chi connectivity index (χ3n) is 6.32. The number of hydrogen-bond donors (Lipinski definition) is 2. The molecule has 0 radical (unpaired) electrons. The SMILES string of the molecule is N#Cc1ccc(C(=O)NC2CCCC(Nc3nccc(-c4ccc5ccccc5c4)n3)C2)cc1. The van der Waals surface area contributed by atoms with Gasteiger partial charge in [-0.2, -0.15) is 5.26 Å². The van der Waals surface area contributed by atoms with Gasteiger partial charge in [-0.15, -0.1) is 0 Å². The maximum absolute atomic E-state index is 12.6. The van der Waals surface area contributed by atoms with Gasteiger partial charge in [0.25, 0.3) is 5.91 Å². The Morgan fingerprint density at radius 1 is 0.941 bits per heavy atom. The van der Waals surface area contributed by atoms with E-state index in [0.717, 1.165) is 36.9 Å². The average Bonchev–Trinajstić information content (AvgIpc) is 2.89. The molecule has 1 heterocycles. The van der Waals surface area contributed by atoms with E-state index >= 15 is 0 Å². The molecule has 1 aliphatic carbocycles. The van der Waals surface area contributed by atoms with E-state index in [-0.39, 0.29) is 18.0 Å². The van der Waals surface area contributed by atoms with Gasteiger partial charge in [-0.25, -0.2) is 9.97 Å². The summed E-state index contributed by atoms with van der Waals surface area (Å²) >= 11 is 0. The molecule has 0 spiro atoms. The number of amides is 1. The first kappa shape index (κ1) is 21.6. The summed E-state index contributed by atoms with van der Waals surface area (Å²) in [6, 6.07) is 25.6. The van der Waals surface area contributed by atoms with Gasteiger partial charge in [0.1, 0.15) is 0 Å². The highest BCUT2D eigenvalue weighted by molar-refractivity contribution is 5.94. The average molecular weight is 448 g/mol. The zero-order chi connectivity index (χ0) is 23.3. The molecule has 1 aromatic heterocycles. The number of fused-ring (bicyclic) bond motifs is 1. The number of nitrogens with one attached hydrogen (secondary N) is 2. The molecule has 1 fully saturated rings. The van der Waals surface area contributed by atoms with E-state index < -0.39 is 0 Å². The van der Waals surface area contributed by atoms with Crippen LogP contribution < -0.4 is 10.6 Å². The van der Waals surface area contributed by atoms with E-state index in [4.69, 9.17) is 10.2 Å². The standard InChI is InChI=1S/C28H25N5O/c29-18-19-8-10-21(11-9-19)27(34)31-24-6-3-7-25(17-24)32-28-30-15-14-26(33-28)23-13-12-20-4-1-2-5-22(20)16-23/h1-2,4-5,8-16,24-25H,3,6-7,17H2,(H,31,34)(H,30,32,33). The Kier molecular flexibility index (Phi) is 6.17. The Hall–Kier alpha value is -4.24. The van der Waals surface area contributed by atoms with Gasteiger partial charge in [0, 0.05) is 29.4 Å². The van der Waals surface area contributed by atoms with Crippen molar-refractivity contribution in [1.82, 2.24) is 15.3 Å². The molecule has 5 rings (SSSR count). The zero-order valence-corrected chi connectivity index (χ0v) is 18.7. The van der Waals surface area contributed by atoms with Crippen molar-refractivity contribution in [2.24, 2.45) is 0 Å². The molecule has 1 aliphatic rings. The van der Waals surface area contributed by atoms with Crippen LogP contribution in [0.15, 0.2) is 79.0 Å². The Morgan fingerprint density at radius 3 is 2.56 bits per heavy atom. The molecule has 1 amide bonds. The first-order valence-electron chi connectivity index (χ1n) is 11.6. The predicted molar refractivity (Wildman–Crippen MR) is 133 cm³/mol. The van der Waals surface area contributed by atoms with Crippen molar-refractivity contribution in [2.45, 2.75) is 37.8 Å². The van der Waals surface area contributed by atoms with E-state index in [0.29, 0.717) is 17.1 Å². The number of carbonyl (C=O) groups is 1. The number of rotatable bonds is 5. The lowest BCUT2D eigenvalue weighted by atomic mass is 9.91. The van der Waals surface area contributed by atoms with Crippen LogP contribution >= 0.6 is 0 Å². The van der Waals surface area contributed by atoms with Gasteiger partial charge in [-0.3, -0.25) is 4.79 Å². The minimum absolute atomic E-state index is 0.0815. The van der Waals surface area contributed by atoms with Gasteiger partial charge in [0.2, 0.25) is 5.95 Å². The van der Waals surface area contributed by atoms with Gasteiger partial charge in [-0.05, 0) is 72.9 Å². The molecule has 0 bridgehead atoms. The molecule has 4 aromatic rings. The van der Waals surface area contributed by atoms with Crippen molar-refractivity contribution >= 4 is 22.6 Å². The molecule has 168 valence electrons. The van der Waals surface area contributed by atoms with Crippen LogP contribution in [0.1, 0.15) is 41.6 Å². The second-order valence-corrected chi connectivity index (χ2v) is 8.69. The summed E-state index contributed by atoms with van der Waals surface area (Å²) < 4.78 is 0. The molecule has 2 atom stereocenters. The summed E-state index contributed by atoms with van der Waals surface area (Å²) in [5.74, 6) is 0.499. The lowest BCUT2D eigenvalue weighted by Crippen LogP contribution is -2.42. The number of nitrogens with zero attached hydrogens (tertiary/aromatic N) is 3. The smallest absolute Gasteiger partial charge is 0.251 e. The Morgan fingerprint density at radius 2 is 1.74 bits per heavy atom. The Labute approximate surface area is 198 Å². The summed E-state index contributed by atoms with van der Waals surface area (Å²) in [4.78, 5) is 21.8. The summed E-state index contributed by atoms with van der Waals surface area (Å²) in [7, 11) is 0. The van der Waals surface area contributed by atoms with Gasteiger partial charge in [0.15, 0.2) is 0 Å². The quantitative estimate of drug-likeness (QED) is 0.432. The van der Waals surface area contributed by atoms with Crippen molar-refractivity contribution in [3.63, 3.8) is 0 Å². The monoisotopic (exact) mass is 447 g/mol. The fourth-order valence-corrected chi connectivity index (χ4v) is 4.54. The number of nitriles is 1. The van der Waals surface area contributed by atoms with Crippen LogP contribution in [-0.2, 0) is 0 Å². The van der Waals surface area contributed by atoms with Crippen LogP contribution in [0.2, 0.25) is 0 Å². The number of anilines is 1. The van der Waals surface area contributed by atoms with Crippen molar-refractivity contribution in [1.29, 1.82) is 5.26 Å². The Balaban J connectivity index is 1.24. The molecule has 2 unspecified atom stereocenters. The maximum atomic E-state index is 12.6. The molecule has 34 heavy (non-hydrogen) atoms. The molecule has 1 saturated carbocycles. The second kappa shape index (κ2) is 9.72. The number of carbonyl (C=O) groups excluding carboxylic acids is 1. The van der Waals surface area contributed by atoms with Crippen LogP contribution in [-0.4, -0.2) is 28.0 Å². The molecule has 6 nitrogen and oxygen atoms in total. The minimum atomic E-state index is -0.107. The van der Waals surface area contributed by atoms with Crippen LogP contribution in [0.25, 0.3) is 22.0 Å². The van der Waals surface area contributed by atoms with Gasteiger partial charge in [0.05, 0.1) is 17.3 Å². The van der Waals surface area contributed by atoms with Crippen LogP contribution in [0.5, 0.6) is 0 Å². The van der Waals surface area contributed by atoms with Crippen LogP contribution in [0.3, 0.4) is 0 Å². The Bertz CT molecular complexity index is 1360. The highest BCUT2D eigenvalue weighted by Crippen LogP contribution is 2.25. The summed E-state index contributed by atoms with van der Waals surface area (Å²) in [6.45, 7) is 0. The number of hydrogen-bond acceptors (Lipinski definition) is 5. The van der Waals surface area contributed by atoms with Crippen LogP contribution in [0.4, 0.5) is 5.95 Å². The normalized spacial score (nSPS) is 17.6. The third-order valence-corrected chi connectivity index (χ3v) is 6.32. The predicted octanol–water partition coefficient (Wildman–Crippen LogP) is 5.32. The molecule has 0 aliphatic heterocycles. The second-order valence-electron chi connectivity index (χ2n) is 8.69. The minimum Gasteiger partial charge on any atom is -0.351 e. The van der Waals surface area contributed by atoms with Crippen LogP contribution in [0, 0.1) is 11.3 Å². The zero-order valence-electron chi connectivity index (χ0n) is 18.7. The van der Waals surface area contributed by atoms with Gasteiger partial charge >= 0.3 is 0 Å². The molecule has 6 heteroatoms. The molecule has 2 N–H and O–H groups in total. The van der Waals surface area contributed by atoms with E-state index in [1.165, 1.54) is 10.8 Å². The maximum Gasteiger partial charge on any atom is 0.251 e. The molecule has 3 aromatic carbocycles. The molecule has 0 saturated heterocycles. The largest absolute Gasteiger partial charge is 0.351 e. The van der Waals surface area contributed by atoms with Gasteiger partial charge in [-0.1, -0.05) is 36.4 Å². The van der Waals surface area contributed by atoms with Crippen molar-refractivity contribution in [3.05, 3.63) is 90.1 Å². The molecular weight excluding hydrogens is 422 g/mol. The van der Waals surface area contributed by atoms with Crippen molar-refractivity contribution in [2.75, 3.05) is 5.32 Å². The van der Waals surface area contributed by atoms with Crippen molar-refractivity contribution in [3.8, 4) is 17.3 Å². The fraction of sp³-hybridized carbons (Fsp3) is 0.214. The lowest BCUT2D eigenvalue weighted by molar-refractivity contribution is 0.0926. The first-order valence-corrected chi connectivity index (χ1v) is 11.6. The highest BCUT2D eigenvalue weighted by atomic mass is 16.1. The summed E-state index contributed by atoms with van der Waals surface area (Å²) in [5, 5.41) is 17.9. The van der Waals surface area contributed by atoms with E-state index in [1.807, 2.05) is 18.2 Å². The van der Waals surface area contributed by atoms with E-state index in [9.17, 15) is 4.79 Å². The summed E-state index contributed by atoms with van der Waals surface area (Å²) in [6.07, 6.45) is 5.56. The number of aromatic nitrogens is 2. The summed E-state index contributed by atoms with van der Waals surface area (Å²) in [5.41, 5.74) is 3.05.